The third-order valence-corrected chi connectivity index (χ3v) is 3.38. The molecule has 0 saturated heterocycles. The van der Waals surface area contributed by atoms with Gasteiger partial charge >= 0.3 is 0 Å². The van der Waals surface area contributed by atoms with Gasteiger partial charge in [-0.15, -0.1) is 0 Å². The maximum absolute atomic E-state index is 11.7. The minimum absolute atomic E-state index is 0.0563. The molecule has 0 spiro atoms. The fourth-order valence-corrected chi connectivity index (χ4v) is 2.57. The lowest BCUT2D eigenvalue weighted by Crippen LogP contribution is -2.00. The van der Waals surface area contributed by atoms with Gasteiger partial charge < -0.3 is 19.0 Å². The van der Waals surface area contributed by atoms with E-state index >= 15 is 0 Å². The summed E-state index contributed by atoms with van der Waals surface area (Å²) >= 11 is 0. The van der Waals surface area contributed by atoms with Crippen LogP contribution in [0.4, 0.5) is 0 Å². The summed E-state index contributed by atoms with van der Waals surface area (Å²) in [6.07, 6.45) is 0. The molecule has 0 bridgehead atoms. The van der Waals surface area contributed by atoms with E-state index in [9.17, 15) is 9.90 Å². The van der Waals surface area contributed by atoms with Gasteiger partial charge in [0.2, 0.25) is 0 Å². The summed E-state index contributed by atoms with van der Waals surface area (Å²) in [5.41, 5.74) is 0.280. The lowest BCUT2D eigenvalue weighted by atomic mass is 10.0. The van der Waals surface area contributed by atoms with Crippen molar-refractivity contribution in [2.24, 2.45) is 0 Å². The van der Waals surface area contributed by atoms with Crippen LogP contribution < -0.4 is 14.9 Å². The highest BCUT2D eigenvalue weighted by Crippen LogP contribution is 2.43. The summed E-state index contributed by atoms with van der Waals surface area (Å²) in [6, 6.07) is 6.09. The Hall–Kier alpha value is -2.69. The van der Waals surface area contributed by atoms with Crippen LogP contribution in [0.3, 0.4) is 0 Å². The van der Waals surface area contributed by atoms with Crippen LogP contribution in [0.1, 0.15) is 5.76 Å². The minimum atomic E-state index is -0.169. The number of aromatic hydroxyl groups is 1. The van der Waals surface area contributed by atoms with Crippen molar-refractivity contribution >= 4 is 21.7 Å². The number of ether oxygens (including phenoxy) is 2. The van der Waals surface area contributed by atoms with Gasteiger partial charge in [0.1, 0.15) is 34.0 Å². The smallest absolute Gasteiger partial charge is 0.182 e. The molecule has 21 heavy (non-hydrogen) atoms. The van der Waals surface area contributed by atoms with Gasteiger partial charge in [0, 0.05) is 12.1 Å². The van der Waals surface area contributed by atoms with Crippen molar-refractivity contribution in [3.8, 4) is 17.2 Å². The number of fused-ring (bicyclic) bond motifs is 2. The number of methoxy groups -OCH3 is 2. The van der Waals surface area contributed by atoms with E-state index in [-0.39, 0.29) is 11.2 Å². The minimum Gasteiger partial charge on any atom is -0.507 e. The first kappa shape index (κ1) is 13.3. The molecule has 0 amide bonds. The number of aryl methyl sites for hydroxylation is 1. The van der Waals surface area contributed by atoms with Gasteiger partial charge in [-0.05, 0) is 24.4 Å². The maximum Gasteiger partial charge on any atom is 0.182 e. The molecule has 0 unspecified atom stereocenters. The SMILES string of the molecule is COc1cc(=O)cc2cc3oc(C)cc(O)c3c(OC)c12. The van der Waals surface area contributed by atoms with Crippen molar-refractivity contribution in [2.45, 2.75) is 6.92 Å². The molecule has 0 atom stereocenters. The Morgan fingerprint density at radius 1 is 1.05 bits per heavy atom. The molecule has 5 heteroatoms. The van der Waals surface area contributed by atoms with Crippen LogP contribution in [0, 0.1) is 6.92 Å². The largest absolute Gasteiger partial charge is 0.507 e. The maximum atomic E-state index is 11.7. The average Bonchev–Trinajstić information content (AvgIpc) is 2.43. The zero-order chi connectivity index (χ0) is 15.1. The molecule has 0 aliphatic heterocycles. The first-order valence-electron chi connectivity index (χ1n) is 6.37. The zero-order valence-corrected chi connectivity index (χ0v) is 11.9. The molecule has 0 saturated carbocycles. The Balaban J connectivity index is 2.62. The summed E-state index contributed by atoms with van der Waals surface area (Å²) in [4.78, 5) is 11.7. The second-order valence-corrected chi connectivity index (χ2v) is 4.75. The van der Waals surface area contributed by atoms with E-state index in [0.717, 1.165) is 0 Å². The monoisotopic (exact) mass is 286 g/mol. The molecule has 0 aliphatic rings. The van der Waals surface area contributed by atoms with Crippen LogP contribution in [-0.4, -0.2) is 19.3 Å². The fraction of sp³-hybridized carbons (Fsp3) is 0.188. The summed E-state index contributed by atoms with van der Waals surface area (Å²) in [5, 5.41) is 11.9. The molecular formula is C16H14O5. The van der Waals surface area contributed by atoms with Crippen LogP contribution in [0.15, 0.2) is 33.5 Å². The van der Waals surface area contributed by atoms with E-state index in [2.05, 4.69) is 0 Å². The predicted octanol–water partition coefficient (Wildman–Crippen LogP) is 2.98. The first-order chi connectivity index (χ1) is 10.0. The second-order valence-electron chi connectivity index (χ2n) is 4.75. The van der Waals surface area contributed by atoms with E-state index in [4.69, 9.17) is 13.9 Å². The van der Waals surface area contributed by atoms with Crippen molar-refractivity contribution in [1.29, 1.82) is 0 Å². The third kappa shape index (κ3) is 1.98. The first-order valence-corrected chi connectivity index (χ1v) is 6.37. The van der Waals surface area contributed by atoms with Crippen molar-refractivity contribution in [2.75, 3.05) is 14.2 Å². The molecule has 0 radical (unpaired) electrons. The van der Waals surface area contributed by atoms with Crippen molar-refractivity contribution in [3.05, 3.63) is 40.2 Å². The van der Waals surface area contributed by atoms with Gasteiger partial charge in [-0.2, -0.15) is 0 Å². The van der Waals surface area contributed by atoms with Gasteiger partial charge in [-0.3, -0.25) is 4.79 Å². The Bertz CT molecular complexity index is 908. The number of hydrogen-bond donors (Lipinski definition) is 1. The number of rotatable bonds is 2. The van der Waals surface area contributed by atoms with Crippen molar-refractivity contribution < 1.29 is 19.0 Å². The fourth-order valence-electron chi connectivity index (χ4n) is 2.57. The Kier molecular flexibility index (Phi) is 2.97. The van der Waals surface area contributed by atoms with E-state index in [1.807, 2.05) is 0 Å². The quantitative estimate of drug-likeness (QED) is 0.733. The predicted molar refractivity (Wildman–Crippen MR) is 79.5 cm³/mol. The molecule has 0 aliphatic carbocycles. The van der Waals surface area contributed by atoms with Gasteiger partial charge in [0.05, 0.1) is 19.6 Å². The van der Waals surface area contributed by atoms with Crippen LogP contribution in [-0.2, 0) is 0 Å². The average molecular weight is 286 g/mol. The molecular weight excluding hydrogens is 272 g/mol. The molecule has 5 nitrogen and oxygen atoms in total. The van der Waals surface area contributed by atoms with E-state index in [0.29, 0.717) is 39.0 Å². The second kappa shape index (κ2) is 4.70. The molecule has 2 aromatic carbocycles. The van der Waals surface area contributed by atoms with Crippen LogP contribution >= 0.6 is 0 Å². The lowest BCUT2D eigenvalue weighted by Gasteiger charge is -2.13. The van der Waals surface area contributed by atoms with E-state index in [1.54, 1.807) is 13.0 Å². The Morgan fingerprint density at radius 3 is 2.48 bits per heavy atom. The Labute approximate surface area is 120 Å². The van der Waals surface area contributed by atoms with Crippen molar-refractivity contribution in [1.82, 2.24) is 0 Å². The van der Waals surface area contributed by atoms with E-state index in [1.165, 1.54) is 32.4 Å². The highest BCUT2D eigenvalue weighted by molar-refractivity contribution is 6.08. The summed E-state index contributed by atoms with van der Waals surface area (Å²) in [6.45, 7) is 1.74. The van der Waals surface area contributed by atoms with Gasteiger partial charge in [0.25, 0.3) is 0 Å². The standard InChI is InChI=1S/C16H14O5/c1-8-4-11(18)15-13(21-8)6-9-5-10(17)7-12(19-2)14(9)16(15)20-3/h4-7,18H,1-3H3. The summed E-state index contributed by atoms with van der Waals surface area (Å²) < 4.78 is 16.3. The molecule has 3 aromatic rings. The van der Waals surface area contributed by atoms with Crippen LogP contribution in [0.25, 0.3) is 21.7 Å². The number of hydrogen-bond acceptors (Lipinski definition) is 5. The highest BCUT2D eigenvalue weighted by atomic mass is 16.5. The van der Waals surface area contributed by atoms with Crippen LogP contribution in [0.2, 0.25) is 0 Å². The van der Waals surface area contributed by atoms with Gasteiger partial charge in [0.15, 0.2) is 5.43 Å². The Morgan fingerprint density at radius 2 is 1.81 bits per heavy atom. The molecule has 0 fully saturated rings. The topological polar surface area (TPSA) is 68.9 Å². The van der Waals surface area contributed by atoms with Crippen LogP contribution in [0.5, 0.6) is 17.2 Å². The third-order valence-electron chi connectivity index (χ3n) is 3.38. The highest BCUT2D eigenvalue weighted by Gasteiger charge is 2.18. The molecule has 3 rings (SSSR count). The zero-order valence-electron chi connectivity index (χ0n) is 11.9. The number of benzene rings is 2. The lowest BCUT2D eigenvalue weighted by molar-refractivity contribution is 0.404. The molecule has 1 N–H and O–H groups in total. The van der Waals surface area contributed by atoms with Gasteiger partial charge in [-0.1, -0.05) is 0 Å². The summed E-state index contributed by atoms with van der Waals surface area (Å²) in [5.74, 6) is 1.43. The van der Waals surface area contributed by atoms with Gasteiger partial charge in [-0.25, -0.2) is 0 Å². The van der Waals surface area contributed by atoms with E-state index < -0.39 is 0 Å². The molecule has 108 valence electrons. The van der Waals surface area contributed by atoms with Crippen molar-refractivity contribution in [3.63, 3.8) is 0 Å². The summed E-state index contributed by atoms with van der Waals surface area (Å²) in [7, 11) is 2.98. The molecule has 1 aromatic heterocycles. The normalized spacial score (nSPS) is 11.0. The molecule has 1 heterocycles.